The van der Waals surface area contributed by atoms with E-state index in [1.54, 1.807) is 0 Å². The second-order valence-electron chi connectivity index (χ2n) is 4.78. The van der Waals surface area contributed by atoms with Crippen molar-refractivity contribution in [3.8, 4) is 0 Å². The van der Waals surface area contributed by atoms with Gasteiger partial charge in [0.25, 0.3) is 0 Å². The van der Waals surface area contributed by atoms with Gasteiger partial charge in [0.15, 0.2) is 0 Å². The summed E-state index contributed by atoms with van der Waals surface area (Å²) >= 11 is 0. The van der Waals surface area contributed by atoms with Crippen LogP contribution in [0.25, 0.3) is 0 Å². The van der Waals surface area contributed by atoms with E-state index in [9.17, 15) is 4.79 Å². The molecule has 0 aliphatic carbocycles. The standard InChI is InChI=1S/C13H17NO/c1-13(2)10-14(13)12(15)9-8-11-6-4-3-5-7-11/h3-7H,8-10H2,1-2H3. The number of aryl methyl sites for hydroxylation is 1. The minimum atomic E-state index is 0.119. The van der Waals surface area contributed by atoms with E-state index in [0.717, 1.165) is 13.0 Å². The zero-order valence-electron chi connectivity index (χ0n) is 9.36. The lowest BCUT2D eigenvalue weighted by Crippen LogP contribution is -2.18. The van der Waals surface area contributed by atoms with Gasteiger partial charge in [-0.1, -0.05) is 30.3 Å². The van der Waals surface area contributed by atoms with Crippen molar-refractivity contribution in [3.05, 3.63) is 35.9 Å². The van der Waals surface area contributed by atoms with Gasteiger partial charge in [0, 0.05) is 13.0 Å². The zero-order chi connectivity index (χ0) is 10.9. The summed E-state index contributed by atoms with van der Waals surface area (Å²) in [6, 6.07) is 10.2. The number of amides is 1. The summed E-state index contributed by atoms with van der Waals surface area (Å²) in [5.74, 6) is 0.281. The maximum Gasteiger partial charge on any atom is 0.223 e. The molecule has 80 valence electrons. The lowest BCUT2D eigenvalue weighted by molar-refractivity contribution is -0.126. The van der Waals surface area contributed by atoms with Crippen LogP contribution in [0.2, 0.25) is 0 Å². The Morgan fingerprint density at radius 2 is 1.93 bits per heavy atom. The highest BCUT2D eigenvalue weighted by molar-refractivity contribution is 5.80. The second kappa shape index (κ2) is 3.69. The van der Waals surface area contributed by atoms with Crippen molar-refractivity contribution in [3.63, 3.8) is 0 Å². The first kappa shape index (κ1) is 10.2. The number of carbonyl (C=O) groups is 1. The number of rotatable bonds is 3. The van der Waals surface area contributed by atoms with Crippen LogP contribution in [0.15, 0.2) is 30.3 Å². The van der Waals surface area contributed by atoms with E-state index in [-0.39, 0.29) is 11.4 Å². The predicted molar refractivity (Wildman–Crippen MR) is 60.6 cm³/mol. The van der Waals surface area contributed by atoms with Gasteiger partial charge in [-0.15, -0.1) is 0 Å². The summed E-state index contributed by atoms with van der Waals surface area (Å²) in [6.07, 6.45) is 1.49. The van der Waals surface area contributed by atoms with Gasteiger partial charge in [0.2, 0.25) is 5.91 Å². The molecule has 0 aromatic heterocycles. The number of hydrogen-bond acceptors (Lipinski definition) is 1. The summed E-state index contributed by atoms with van der Waals surface area (Å²) in [5.41, 5.74) is 1.36. The maximum atomic E-state index is 11.7. The van der Waals surface area contributed by atoms with Gasteiger partial charge in [-0.2, -0.15) is 0 Å². The Morgan fingerprint density at radius 1 is 1.33 bits per heavy atom. The summed E-state index contributed by atoms with van der Waals surface area (Å²) in [5, 5.41) is 0. The van der Waals surface area contributed by atoms with E-state index in [1.165, 1.54) is 5.56 Å². The molecule has 1 aromatic rings. The summed E-state index contributed by atoms with van der Waals surface area (Å²) in [4.78, 5) is 13.7. The summed E-state index contributed by atoms with van der Waals surface area (Å²) in [7, 11) is 0. The van der Waals surface area contributed by atoms with Crippen molar-refractivity contribution < 1.29 is 4.79 Å². The molecule has 1 saturated heterocycles. The van der Waals surface area contributed by atoms with Crippen LogP contribution in [0, 0.1) is 0 Å². The van der Waals surface area contributed by atoms with Crippen molar-refractivity contribution in [1.29, 1.82) is 0 Å². The largest absolute Gasteiger partial charge is 0.333 e. The molecule has 0 radical (unpaired) electrons. The second-order valence-corrected chi connectivity index (χ2v) is 4.78. The highest BCUT2D eigenvalue weighted by atomic mass is 16.2. The van der Waals surface area contributed by atoms with Crippen LogP contribution in [-0.2, 0) is 11.2 Å². The quantitative estimate of drug-likeness (QED) is 0.690. The molecule has 2 nitrogen and oxygen atoms in total. The Hall–Kier alpha value is -1.31. The fraction of sp³-hybridized carbons (Fsp3) is 0.462. The van der Waals surface area contributed by atoms with E-state index in [2.05, 4.69) is 26.0 Å². The van der Waals surface area contributed by atoms with E-state index in [0.29, 0.717) is 6.42 Å². The number of hydrogen-bond donors (Lipinski definition) is 0. The van der Waals surface area contributed by atoms with Crippen LogP contribution >= 0.6 is 0 Å². The average Bonchev–Trinajstić information content (AvgIpc) is 2.86. The molecule has 0 spiro atoms. The maximum absolute atomic E-state index is 11.7. The monoisotopic (exact) mass is 203 g/mol. The third kappa shape index (κ3) is 2.38. The van der Waals surface area contributed by atoms with Crippen LogP contribution in [0.3, 0.4) is 0 Å². The molecule has 0 saturated carbocycles. The molecule has 1 aliphatic rings. The molecule has 15 heavy (non-hydrogen) atoms. The molecule has 2 heteroatoms. The molecular formula is C13H17NO. The van der Waals surface area contributed by atoms with E-state index in [4.69, 9.17) is 0 Å². The molecule has 2 rings (SSSR count). The predicted octanol–water partition coefficient (Wildman–Crippen LogP) is 2.24. The van der Waals surface area contributed by atoms with Crippen LogP contribution in [0.1, 0.15) is 25.8 Å². The topological polar surface area (TPSA) is 20.1 Å². The lowest BCUT2D eigenvalue weighted by atomic mass is 10.1. The fourth-order valence-electron chi connectivity index (χ4n) is 1.81. The number of benzene rings is 1. The fourth-order valence-corrected chi connectivity index (χ4v) is 1.81. The highest BCUT2D eigenvalue weighted by Crippen LogP contribution is 2.31. The van der Waals surface area contributed by atoms with Gasteiger partial charge in [-0.05, 0) is 25.8 Å². The van der Waals surface area contributed by atoms with Gasteiger partial charge in [-0.3, -0.25) is 4.79 Å². The minimum Gasteiger partial charge on any atom is -0.333 e. The molecule has 1 aliphatic heterocycles. The Morgan fingerprint density at radius 3 is 2.47 bits per heavy atom. The molecule has 0 N–H and O–H groups in total. The normalized spacial score (nSPS) is 17.6. The molecule has 1 amide bonds. The Bertz CT molecular complexity index is 356. The van der Waals surface area contributed by atoms with Crippen molar-refractivity contribution >= 4 is 5.91 Å². The molecule has 1 heterocycles. The van der Waals surface area contributed by atoms with Crippen molar-refractivity contribution in [2.75, 3.05) is 6.54 Å². The van der Waals surface area contributed by atoms with Crippen LogP contribution in [0.5, 0.6) is 0 Å². The Kier molecular flexibility index (Phi) is 2.51. The van der Waals surface area contributed by atoms with E-state index >= 15 is 0 Å². The molecule has 1 fully saturated rings. The van der Waals surface area contributed by atoms with E-state index < -0.39 is 0 Å². The minimum absolute atomic E-state index is 0.119. The third-order valence-electron chi connectivity index (χ3n) is 2.94. The first-order valence-corrected chi connectivity index (χ1v) is 5.44. The molecule has 1 aromatic carbocycles. The number of carbonyl (C=O) groups excluding carboxylic acids is 1. The summed E-state index contributed by atoms with van der Waals surface area (Å²) in [6.45, 7) is 5.13. The van der Waals surface area contributed by atoms with E-state index in [1.807, 2.05) is 23.1 Å². The zero-order valence-corrected chi connectivity index (χ0v) is 9.36. The first-order chi connectivity index (χ1) is 7.09. The Balaban J connectivity index is 1.82. The van der Waals surface area contributed by atoms with Crippen LogP contribution in [0.4, 0.5) is 0 Å². The average molecular weight is 203 g/mol. The van der Waals surface area contributed by atoms with Gasteiger partial charge in [0.1, 0.15) is 0 Å². The molecule has 0 unspecified atom stereocenters. The van der Waals surface area contributed by atoms with Gasteiger partial charge in [-0.25, -0.2) is 0 Å². The number of nitrogens with zero attached hydrogens (tertiary/aromatic N) is 1. The van der Waals surface area contributed by atoms with Gasteiger partial charge < -0.3 is 4.90 Å². The van der Waals surface area contributed by atoms with Crippen LogP contribution < -0.4 is 0 Å². The molecule has 0 atom stereocenters. The molecular weight excluding hydrogens is 186 g/mol. The van der Waals surface area contributed by atoms with Crippen LogP contribution in [-0.4, -0.2) is 22.9 Å². The lowest BCUT2D eigenvalue weighted by Gasteiger charge is -2.06. The summed E-state index contributed by atoms with van der Waals surface area (Å²) < 4.78 is 0. The Labute approximate surface area is 90.9 Å². The molecule has 0 bridgehead atoms. The van der Waals surface area contributed by atoms with Crippen molar-refractivity contribution in [2.45, 2.75) is 32.2 Å². The van der Waals surface area contributed by atoms with Crippen molar-refractivity contribution in [2.24, 2.45) is 0 Å². The SMILES string of the molecule is CC1(C)CN1C(=O)CCc1ccccc1. The third-order valence-corrected chi connectivity index (χ3v) is 2.94. The van der Waals surface area contributed by atoms with Gasteiger partial charge in [0.05, 0.1) is 5.54 Å². The van der Waals surface area contributed by atoms with Gasteiger partial charge >= 0.3 is 0 Å². The smallest absolute Gasteiger partial charge is 0.223 e. The van der Waals surface area contributed by atoms with Crippen molar-refractivity contribution in [1.82, 2.24) is 4.90 Å². The first-order valence-electron chi connectivity index (χ1n) is 5.44. The highest BCUT2D eigenvalue weighted by Gasteiger charge is 2.45.